The molecule has 2 aliphatic rings. The molecule has 0 radical (unpaired) electrons. The van der Waals surface area contributed by atoms with Gasteiger partial charge in [-0.1, -0.05) is 5.92 Å². The zero-order valence-corrected chi connectivity index (χ0v) is 20.2. The van der Waals surface area contributed by atoms with Crippen molar-refractivity contribution in [2.75, 3.05) is 49.9 Å². The zero-order valence-electron chi connectivity index (χ0n) is 20.2. The molecule has 2 fully saturated rings. The molecule has 0 bridgehead atoms. The smallest absolute Gasteiger partial charge is 0.252 e. The predicted octanol–water partition coefficient (Wildman–Crippen LogP) is -1.87. The number of carbonyl (C=O) groups is 1. The first kappa shape index (κ1) is 24.8. The van der Waals surface area contributed by atoms with Gasteiger partial charge in [-0.3, -0.25) is 14.3 Å². The van der Waals surface area contributed by atoms with Crippen LogP contribution in [0.3, 0.4) is 0 Å². The molecule has 2 aliphatic heterocycles. The van der Waals surface area contributed by atoms with E-state index in [0.29, 0.717) is 18.6 Å². The summed E-state index contributed by atoms with van der Waals surface area (Å²) in [5, 5.41) is 23.5. The van der Waals surface area contributed by atoms with E-state index in [2.05, 4.69) is 51.9 Å². The van der Waals surface area contributed by atoms with E-state index in [0.717, 1.165) is 32.1 Å². The third-order valence-corrected chi connectivity index (χ3v) is 6.28. The molecule has 0 aromatic carbocycles. The number of carbonyl (C=O) groups excluding carboxylic acids is 1. The highest BCUT2D eigenvalue weighted by Gasteiger charge is 2.47. The Hall–Kier alpha value is -3.90. The summed E-state index contributed by atoms with van der Waals surface area (Å²) in [5.41, 5.74) is 6.67. The summed E-state index contributed by atoms with van der Waals surface area (Å²) in [6.45, 7) is 5.86. The maximum absolute atomic E-state index is 12.2. The van der Waals surface area contributed by atoms with Gasteiger partial charge in [-0.15, -0.1) is 0 Å². The molecule has 0 aliphatic carbocycles. The molecule has 14 nitrogen and oxygen atoms in total. The van der Waals surface area contributed by atoms with Crippen LogP contribution < -0.4 is 16.0 Å². The number of hydrogen-bond acceptors (Lipinski definition) is 12. The number of aromatic nitrogens is 6. The van der Waals surface area contributed by atoms with E-state index in [4.69, 9.17) is 10.5 Å². The number of nitrogens with two attached hydrogens (primary N) is 1. The topological polar surface area (TPSA) is 181 Å². The third-order valence-electron chi connectivity index (χ3n) is 6.28. The SMILES string of the molecule is CCNC(=O)C1OC(n2cnc3c(N)nc(C#CCN4CCN(c5ncccn5)CC4)nc32)C(O)C1O. The number of nitrogen functional groups attached to an aromatic ring is 1. The Morgan fingerprint density at radius 2 is 1.92 bits per heavy atom. The molecule has 37 heavy (non-hydrogen) atoms. The molecule has 3 aromatic heterocycles. The Labute approximate surface area is 212 Å². The standard InChI is InChI=1S/C23H28N10O4/c1-2-25-21(36)18-16(34)17(35)22(37-18)33-13-28-15-19(24)29-14(30-20(15)33)5-3-8-31-9-11-32(12-10-31)23-26-6-4-7-27-23/h4,6-7,13,16-18,22,34-35H,2,8-12H2,1H3,(H,25,36)(H2,24,29,30). The Kier molecular flexibility index (Phi) is 7.10. The number of imidazole rings is 1. The maximum atomic E-state index is 12.2. The number of nitrogens with zero attached hydrogens (tertiary/aromatic N) is 8. The van der Waals surface area contributed by atoms with Crippen molar-refractivity contribution in [1.82, 2.24) is 39.7 Å². The van der Waals surface area contributed by atoms with Gasteiger partial charge < -0.3 is 30.9 Å². The van der Waals surface area contributed by atoms with Crippen LogP contribution in [0.2, 0.25) is 0 Å². The quantitative estimate of drug-likeness (QED) is 0.282. The normalized spacial score (nSPS) is 24.1. The second-order valence-electron chi connectivity index (χ2n) is 8.69. The van der Waals surface area contributed by atoms with Gasteiger partial charge in [-0.2, -0.15) is 0 Å². The summed E-state index contributed by atoms with van der Waals surface area (Å²) in [6.07, 6.45) is -0.270. The molecule has 0 spiro atoms. The summed E-state index contributed by atoms with van der Waals surface area (Å²) in [7, 11) is 0. The molecule has 5 N–H and O–H groups in total. The highest BCUT2D eigenvalue weighted by atomic mass is 16.6. The van der Waals surface area contributed by atoms with Crippen LogP contribution in [0, 0.1) is 11.8 Å². The number of hydrogen-bond donors (Lipinski definition) is 4. The van der Waals surface area contributed by atoms with Crippen LogP contribution in [0.15, 0.2) is 24.8 Å². The van der Waals surface area contributed by atoms with Gasteiger partial charge >= 0.3 is 0 Å². The highest BCUT2D eigenvalue weighted by Crippen LogP contribution is 2.32. The molecule has 1 amide bonds. The van der Waals surface area contributed by atoms with Gasteiger partial charge in [0.2, 0.25) is 11.8 Å². The predicted molar refractivity (Wildman–Crippen MR) is 132 cm³/mol. The van der Waals surface area contributed by atoms with Crippen LogP contribution >= 0.6 is 0 Å². The summed E-state index contributed by atoms with van der Waals surface area (Å²) < 4.78 is 7.11. The molecule has 4 atom stereocenters. The summed E-state index contributed by atoms with van der Waals surface area (Å²) in [6, 6.07) is 1.80. The molecule has 194 valence electrons. The lowest BCUT2D eigenvalue weighted by Crippen LogP contribution is -2.47. The molecule has 0 saturated carbocycles. The fourth-order valence-electron chi connectivity index (χ4n) is 4.35. The average Bonchev–Trinajstić information content (AvgIpc) is 3.46. The van der Waals surface area contributed by atoms with Gasteiger partial charge in [-0.25, -0.2) is 24.9 Å². The molecular weight excluding hydrogens is 480 g/mol. The fourth-order valence-corrected chi connectivity index (χ4v) is 4.35. The number of ether oxygens (including phenoxy) is 1. The molecule has 4 unspecified atom stereocenters. The van der Waals surface area contributed by atoms with Crippen molar-refractivity contribution in [3.63, 3.8) is 0 Å². The van der Waals surface area contributed by atoms with Gasteiger partial charge in [0.25, 0.3) is 5.91 Å². The van der Waals surface area contributed by atoms with Crippen molar-refractivity contribution in [1.29, 1.82) is 0 Å². The molecule has 2 saturated heterocycles. The molecule has 3 aromatic rings. The summed E-state index contributed by atoms with van der Waals surface area (Å²) in [4.78, 5) is 38.1. The van der Waals surface area contributed by atoms with Gasteiger partial charge in [-0.05, 0) is 18.9 Å². The Morgan fingerprint density at radius 1 is 1.16 bits per heavy atom. The lowest BCUT2D eigenvalue weighted by Gasteiger charge is -2.33. The van der Waals surface area contributed by atoms with Crippen molar-refractivity contribution in [3.8, 4) is 11.8 Å². The summed E-state index contributed by atoms with van der Waals surface area (Å²) >= 11 is 0. The highest BCUT2D eigenvalue weighted by molar-refractivity contribution is 5.83. The van der Waals surface area contributed by atoms with E-state index in [-0.39, 0.29) is 17.3 Å². The van der Waals surface area contributed by atoms with Gasteiger partial charge in [0.1, 0.15) is 17.7 Å². The Morgan fingerprint density at radius 3 is 2.65 bits per heavy atom. The van der Waals surface area contributed by atoms with Crippen LogP contribution in [-0.2, 0) is 9.53 Å². The second-order valence-corrected chi connectivity index (χ2v) is 8.69. The average molecular weight is 509 g/mol. The van der Waals surface area contributed by atoms with Crippen LogP contribution in [-0.4, -0.2) is 108 Å². The minimum absolute atomic E-state index is 0.123. The first-order chi connectivity index (χ1) is 18.0. The number of aliphatic hydroxyl groups excluding tert-OH is 2. The van der Waals surface area contributed by atoms with E-state index in [1.54, 1.807) is 25.4 Å². The van der Waals surface area contributed by atoms with Crippen molar-refractivity contribution >= 4 is 28.8 Å². The van der Waals surface area contributed by atoms with E-state index < -0.39 is 30.4 Å². The largest absolute Gasteiger partial charge is 0.387 e. The van der Waals surface area contributed by atoms with Crippen molar-refractivity contribution in [2.45, 2.75) is 31.5 Å². The summed E-state index contributed by atoms with van der Waals surface area (Å²) in [5.74, 6) is 6.57. The van der Waals surface area contributed by atoms with E-state index in [9.17, 15) is 15.0 Å². The number of anilines is 2. The molecule has 14 heteroatoms. The maximum Gasteiger partial charge on any atom is 0.252 e. The number of nitrogens with one attached hydrogen (secondary N) is 1. The molecular formula is C23H28N10O4. The number of fused-ring (bicyclic) bond motifs is 1. The van der Waals surface area contributed by atoms with Gasteiger partial charge in [0.05, 0.1) is 12.9 Å². The third kappa shape index (κ3) is 5.02. The molecule has 5 rings (SSSR count). The van der Waals surface area contributed by atoms with Gasteiger partial charge in [0, 0.05) is 45.1 Å². The van der Waals surface area contributed by atoms with Crippen molar-refractivity contribution in [3.05, 3.63) is 30.6 Å². The Balaban J connectivity index is 1.28. The Bertz CT molecular complexity index is 1320. The zero-order chi connectivity index (χ0) is 25.9. The minimum Gasteiger partial charge on any atom is -0.387 e. The molecule has 5 heterocycles. The lowest BCUT2D eigenvalue weighted by atomic mass is 10.1. The van der Waals surface area contributed by atoms with Crippen LogP contribution in [0.4, 0.5) is 11.8 Å². The number of aliphatic hydroxyl groups is 2. The van der Waals surface area contributed by atoms with E-state index in [1.165, 1.54) is 10.9 Å². The minimum atomic E-state index is -1.42. The number of likely N-dealkylation sites (N-methyl/N-ethyl adjacent to an activating group) is 1. The van der Waals surface area contributed by atoms with E-state index >= 15 is 0 Å². The number of piperazine rings is 1. The fraction of sp³-hybridized carbons (Fsp3) is 0.478. The number of rotatable bonds is 5. The van der Waals surface area contributed by atoms with Gasteiger partial charge in [0.15, 0.2) is 23.8 Å². The monoisotopic (exact) mass is 508 g/mol. The first-order valence-corrected chi connectivity index (χ1v) is 12.0. The van der Waals surface area contributed by atoms with Crippen molar-refractivity contribution in [2.24, 2.45) is 0 Å². The van der Waals surface area contributed by atoms with Crippen LogP contribution in [0.25, 0.3) is 11.2 Å². The van der Waals surface area contributed by atoms with E-state index in [1.807, 2.05) is 0 Å². The lowest BCUT2D eigenvalue weighted by molar-refractivity contribution is -0.137. The van der Waals surface area contributed by atoms with Crippen LogP contribution in [0.1, 0.15) is 19.0 Å². The second kappa shape index (κ2) is 10.6. The number of amides is 1. The van der Waals surface area contributed by atoms with Crippen molar-refractivity contribution < 1.29 is 19.7 Å². The first-order valence-electron chi connectivity index (χ1n) is 12.0. The van der Waals surface area contributed by atoms with Crippen LogP contribution in [0.5, 0.6) is 0 Å².